The van der Waals surface area contributed by atoms with Gasteiger partial charge in [0.05, 0.1) is 6.61 Å². The molecular formula is C6H11KO6S. The van der Waals surface area contributed by atoms with Crippen LogP contribution in [0.5, 0.6) is 0 Å². The average Bonchev–Trinajstić information content (AvgIpc) is 2.12. The van der Waals surface area contributed by atoms with E-state index in [1.165, 1.54) is 0 Å². The standard InChI is InChI=1S/C6H12O6S.K/c7-1-2(8)3(9)4(10)5(11)6(12)13;/h2-5,7-11H,1H2,(H,12,13);/q;+1/p-1/t2-,3-,4+,5-;/m1./s1. The fraction of sp³-hybridized carbons (Fsp3) is 0.833. The Labute approximate surface area is 129 Å². The van der Waals surface area contributed by atoms with Gasteiger partial charge in [-0.1, -0.05) is 0 Å². The second kappa shape index (κ2) is 8.48. The van der Waals surface area contributed by atoms with Gasteiger partial charge in [0.15, 0.2) is 0 Å². The molecule has 0 spiro atoms. The molecule has 0 radical (unpaired) electrons. The number of aliphatic hydroxyl groups is 5. The Morgan fingerprint density at radius 1 is 1.14 bits per heavy atom. The number of carbonyl (C=O) groups is 1. The van der Waals surface area contributed by atoms with Gasteiger partial charge in [-0.2, -0.15) is 0 Å². The van der Waals surface area contributed by atoms with Crippen molar-refractivity contribution in [2.45, 2.75) is 24.4 Å². The van der Waals surface area contributed by atoms with Crippen LogP contribution in [0.2, 0.25) is 0 Å². The Kier molecular flexibility index (Phi) is 10.7. The van der Waals surface area contributed by atoms with E-state index in [-0.39, 0.29) is 51.4 Å². The summed E-state index contributed by atoms with van der Waals surface area (Å²) >= 11 is 4.02. The van der Waals surface area contributed by atoms with E-state index < -0.39 is 36.1 Å². The number of hydrogen-bond donors (Lipinski definition) is 5. The second-order valence-corrected chi connectivity index (χ2v) is 2.90. The van der Waals surface area contributed by atoms with Crippen molar-refractivity contribution in [3.05, 3.63) is 0 Å². The van der Waals surface area contributed by atoms with Gasteiger partial charge in [0, 0.05) is 5.12 Å². The quantitative estimate of drug-likeness (QED) is 0.243. The molecule has 0 aromatic heterocycles. The van der Waals surface area contributed by atoms with Crippen molar-refractivity contribution < 1.29 is 81.7 Å². The van der Waals surface area contributed by atoms with Crippen LogP contribution in [0.15, 0.2) is 0 Å². The minimum atomic E-state index is -1.94. The first-order valence-electron chi connectivity index (χ1n) is 3.45. The number of aliphatic hydroxyl groups excluding tert-OH is 5. The Balaban J connectivity index is 0. The molecule has 0 fully saturated rings. The normalized spacial score (nSPS) is 18.9. The predicted molar refractivity (Wildman–Crippen MR) is 43.5 cm³/mol. The average molecular weight is 250 g/mol. The summed E-state index contributed by atoms with van der Waals surface area (Å²) < 4.78 is 0. The molecule has 0 aliphatic heterocycles. The first kappa shape index (κ1) is 17.7. The van der Waals surface area contributed by atoms with E-state index in [9.17, 15) is 4.79 Å². The maximum atomic E-state index is 10.4. The van der Waals surface area contributed by atoms with Crippen molar-refractivity contribution in [3.63, 3.8) is 0 Å². The van der Waals surface area contributed by atoms with Crippen LogP contribution in [0.4, 0.5) is 0 Å². The van der Waals surface area contributed by atoms with Crippen LogP contribution in [-0.4, -0.2) is 61.7 Å². The summed E-state index contributed by atoms with van der Waals surface area (Å²) in [7, 11) is 0. The van der Waals surface area contributed by atoms with E-state index >= 15 is 0 Å². The molecule has 4 atom stereocenters. The van der Waals surface area contributed by atoms with Gasteiger partial charge < -0.3 is 43.0 Å². The zero-order valence-electron chi connectivity index (χ0n) is 7.57. The molecule has 6 nitrogen and oxygen atoms in total. The maximum Gasteiger partial charge on any atom is 1.00 e. The molecule has 0 aromatic carbocycles. The fourth-order valence-corrected chi connectivity index (χ4v) is 0.801. The summed E-state index contributed by atoms with van der Waals surface area (Å²) in [6, 6.07) is 0. The van der Waals surface area contributed by atoms with E-state index in [4.69, 9.17) is 25.5 Å². The Hall–Kier alpha value is 1.33. The molecule has 0 amide bonds. The molecule has 0 aliphatic rings. The molecule has 0 aromatic rings. The van der Waals surface area contributed by atoms with E-state index in [1.807, 2.05) is 0 Å². The molecular weight excluding hydrogens is 239 g/mol. The number of hydrogen-bond acceptors (Lipinski definition) is 7. The summed E-state index contributed by atoms with van der Waals surface area (Å²) in [6.07, 6.45) is -7.27. The molecule has 5 N–H and O–H groups in total. The van der Waals surface area contributed by atoms with E-state index in [0.29, 0.717) is 0 Å². The predicted octanol–water partition coefficient (Wildman–Crippen LogP) is -6.50. The first-order chi connectivity index (χ1) is 5.91. The van der Waals surface area contributed by atoms with Gasteiger partial charge in [-0.25, -0.2) is 0 Å². The zero-order chi connectivity index (χ0) is 10.6. The van der Waals surface area contributed by atoms with Crippen molar-refractivity contribution >= 4 is 17.7 Å². The van der Waals surface area contributed by atoms with Crippen LogP contribution < -0.4 is 51.4 Å². The molecule has 78 valence electrons. The third-order valence-electron chi connectivity index (χ3n) is 1.50. The molecule has 0 bridgehead atoms. The van der Waals surface area contributed by atoms with Crippen molar-refractivity contribution in [2.75, 3.05) is 6.61 Å². The second-order valence-electron chi connectivity index (χ2n) is 2.49. The van der Waals surface area contributed by atoms with Gasteiger partial charge in [-0.15, -0.1) is 0 Å². The number of rotatable bonds is 5. The topological polar surface area (TPSA) is 118 Å². The first-order valence-corrected chi connectivity index (χ1v) is 3.86. The minimum absolute atomic E-state index is 0. The van der Waals surface area contributed by atoms with Crippen LogP contribution in [0.25, 0.3) is 0 Å². The van der Waals surface area contributed by atoms with Gasteiger partial charge >= 0.3 is 51.4 Å². The van der Waals surface area contributed by atoms with Crippen molar-refractivity contribution in [2.24, 2.45) is 0 Å². The maximum absolute atomic E-state index is 10.4. The molecule has 0 saturated carbocycles. The van der Waals surface area contributed by atoms with Crippen molar-refractivity contribution in [3.8, 4) is 0 Å². The third kappa shape index (κ3) is 5.42. The van der Waals surface area contributed by atoms with Crippen LogP contribution in [0.1, 0.15) is 0 Å². The Morgan fingerprint density at radius 3 is 1.86 bits per heavy atom. The molecule has 0 aliphatic carbocycles. The Morgan fingerprint density at radius 2 is 1.57 bits per heavy atom. The van der Waals surface area contributed by atoms with E-state index in [0.717, 1.165) is 0 Å². The van der Waals surface area contributed by atoms with E-state index in [1.54, 1.807) is 0 Å². The summed E-state index contributed by atoms with van der Waals surface area (Å²) in [5, 5.41) is 42.9. The number of carbonyl (C=O) groups excluding carboxylic acids is 1. The van der Waals surface area contributed by atoms with Crippen LogP contribution in [0, 0.1) is 0 Å². The molecule has 8 heteroatoms. The molecule has 0 saturated heterocycles. The van der Waals surface area contributed by atoms with Crippen LogP contribution >= 0.6 is 0 Å². The summed E-state index contributed by atoms with van der Waals surface area (Å²) in [4.78, 5) is 10.4. The van der Waals surface area contributed by atoms with Gasteiger partial charge in [-0.3, -0.25) is 0 Å². The molecule has 14 heavy (non-hydrogen) atoms. The fourth-order valence-electron chi connectivity index (χ4n) is 0.662. The zero-order valence-corrected chi connectivity index (χ0v) is 11.5. The van der Waals surface area contributed by atoms with Gasteiger partial charge in [0.1, 0.15) is 24.4 Å². The monoisotopic (exact) mass is 250 g/mol. The Bertz CT molecular complexity index is 180. The minimum Gasteiger partial charge on any atom is -0.739 e. The largest absolute Gasteiger partial charge is 1.00 e. The van der Waals surface area contributed by atoms with Crippen LogP contribution in [0.3, 0.4) is 0 Å². The van der Waals surface area contributed by atoms with Crippen LogP contribution in [-0.2, 0) is 17.4 Å². The van der Waals surface area contributed by atoms with Crippen molar-refractivity contribution in [1.29, 1.82) is 0 Å². The van der Waals surface area contributed by atoms with E-state index in [2.05, 4.69) is 12.6 Å². The summed E-state index contributed by atoms with van der Waals surface area (Å²) in [5.41, 5.74) is 0. The SMILES string of the molecule is O=C([S-])[C@H](O)[C@@H](O)[C@H](O)[C@H](O)CO.[K+]. The van der Waals surface area contributed by atoms with Gasteiger partial charge in [-0.05, 0) is 0 Å². The van der Waals surface area contributed by atoms with Gasteiger partial charge in [0.25, 0.3) is 0 Å². The van der Waals surface area contributed by atoms with Gasteiger partial charge in [0.2, 0.25) is 0 Å². The summed E-state index contributed by atoms with van der Waals surface area (Å²) in [6.45, 7) is -0.795. The molecule has 0 heterocycles. The van der Waals surface area contributed by atoms with Crippen molar-refractivity contribution in [1.82, 2.24) is 0 Å². The molecule has 0 rings (SSSR count). The smallest absolute Gasteiger partial charge is 0.739 e. The summed E-state index contributed by atoms with van der Waals surface area (Å²) in [5.74, 6) is 0. The third-order valence-corrected chi connectivity index (χ3v) is 1.74. The molecule has 0 unspecified atom stereocenters.